The first-order valence-electron chi connectivity index (χ1n) is 4.90. The Balaban J connectivity index is 0. The molecule has 0 radical (unpaired) electrons. The second-order valence-corrected chi connectivity index (χ2v) is 2.86. The molecule has 0 aliphatic carbocycles. The van der Waals surface area contributed by atoms with Gasteiger partial charge >= 0.3 is 0 Å². The Bertz CT molecular complexity index is 309. The molecule has 0 N–H and O–H groups in total. The highest BCUT2D eigenvalue weighted by molar-refractivity contribution is 5.93. The van der Waals surface area contributed by atoms with Crippen LogP contribution in [-0.2, 0) is 9.59 Å². The number of ketones is 2. The van der Waals surface area contributed by atoms with E-state index in [-0.39, 0.29) is 11.6 Å². The second kappa shape index (κ2) is 13.2. The van der Waals surface area contributed by atoms with Crippen LogP contribution in [0.25, 0.3) is 0 Å². The van der Waals surface area contributed by atoms with E-state index in [9.17, 15) is 9.59 Å². The number of hydrogen-bond acceptors (Lipinski definition) is 4. The Morgan fingerprint density at radius 2 is 2.00 bits per heavy atom. The van der Waals surface area contributed by atoms with Crippen molar-refractivity contribution in [1.82, 2.24) is 0 Å². The minimum absolute atomic E-state index is 0.110. The lowest BCUT2D eigenvalue weighted by atomic mass is 10.3. The zero-order valence-corrected chi connectivity index (χ0v) is 10.1. The SMILES string of the molecule is C=NCCC(C)=O.CC=NCC#CC(C)=O. The topological polar surface area (TPSA) is 58.9 Å². The highest BCUT2D eigenvalue weighted by Crippen LogP contribution is 1.79. The van der Waals surface area contributed by atoms with Gasteiger partial charge in [-0.05, 0) is 32.7 Å². The zero-order chi connectivity index (χ0) is 12.8. The molecule has 4 nitrogen and oxygen atoms in total. The van der Waals surface area contributed by atoms with Crippen LogP contribution >= 0.6 is 0 Å². The van der Waals surface area contributed by atoms with Gasteiger partial charge in [-0.1, -0.05) is 5.92 Å². The summed E-state index contributed by atoms with van der Waals surface area (Å²) in [5, 5.41) is 0. The molecule has 0 saturated heterocycles. The van der Waals surface area contributed by atoms with Gasteiger partial charge in [-0.15, -0.1) is 0 Å². The van der Waals surface area contributed by atoms with E-state index in [2.05, 4.69) is 28.5 Å². The molecule has 4 heteroatoms. The largest absolute Gasteiger partial charge is 0.300 e. The number of Topliss-reactive ketones (excluding diaryl/α,β-unsaturated/α-hetero) is 2. The van der Waals surface area contributed by atoms with Gasteiger partial charge in [0.15, 0.2) is 0 Å². The van der Waals surface area contributed by atoms with Crippen molar-refractivity contribution in [2.75, 3.05) is 13.1 Å². The molecule has 0 unspecified atom stereocenters. The quantitative estimate of drug-likeness (QED) is 0.409. The van der Waals surface area contributed by atoms with Gasteiger partial charge in [0.2, 0.25) is 5.78 Å². The maximum absolute atomic E-state index is 10.2. The minimum Gasteiger partial charge on any atom is -0.300 e. The molecule has 0 fully saturated rings. The summed E-state index contributed by atoms with van der Waals surface area (Å²) in [4.78, 5) is 27.6. The van der Waals surface area contributed by atoms with Gasteiger partial charge in [0.05, 0.1) is 6.54 Å². The average molecular weight is 222 g/mol. The summed E-state index contributed by atoms with van der Waals surface area (Å²) < 4.78 is 0. The van der Waals surface area contributed by atoms with E-state index in [0.29, 0.717) is 19.5 Å². The molecule has 0 aromatic heterocycles. The minimum atomic E-state index is -0.110. The van der Waals surface area contributed by atoms with E-state index < -0.39 is 0 Å². The van der Waals surface area contributed by atoms with Crippen LogP contribution < -0.4 is 0 Å². The van der Waals surface area contributed by atoms with Gasteiger partial charge < -0.3 is 4.99 Å². The zero-order valence-electron chi connectivity index (χ0n) is 10.1. The van der Waals surface area contributed by atoms with Crippen LogP contribution in [0.3, 0.4) is 0 Å². The summed E-state index contributed by atoms with van der Waals surface area (Å²) in [7, 11) is 0. The molecule has 0 aliphatic rings. The van der Waals surface area contributed by atoms with Crippen molar-refractivity contribution < 1.29 is 9.59 Å². The van der Waals surface area contributed by atoms with Gasteiger partial charge in [0, 0.05) is 19.9 Å². The van der Waals surface area contributed by atoms with E-state index in [4.69, 9.17) is 0 Å². The summed E-state index contributed by atoms with van der Waals surface area (Å²) in [5.74, 6) is 5.03. The van der Waals surface area contributed by atoms with Gasteiger partial charge in [-0.25, -0.2) is 0 Å². The standard InChI is InChI=1S/C7H9NO.C5H9NO/c1-3-8-6-4-5-7(2)9;1-5(7)3-4-6-2/h3H,6H2,1-2H3;2-4H2,1H3. The molecule has 0 aliphatic heterocycles. The number of aliphatic imine (C=N–C) groups is 2. The molecular formula is C12H18N2O2. The predicted molar refractivity (Wildman–Crippen MR) is 67.2 cm³/mol. The van der Waals surface area contributed by atoms with Crippen LogP contribution in [0.5, 0.6) is 0 Å². The number of nitrogens with zero attached hydrogens (tertiary/aromatic N) is 2. The molecule has 0 spiro atoms. The molecule has 0 aromatic carbocycles. The first-order valence-corrected chi connectivity index (χ1v) is 4.90. The van der Waals surface area contributed by atoms with Crippen LogP contribution in [0, 0.1) is 11.8 Å². The third kappa shape index (κ3) is 22.8. The Kier molecular flexibility index (Phi) is 13.8. The van der Waals surface area contributed by atoms with Crippen LogP contribution in [-0.4, -0.2) is 37.6 Å². The van der Waals surface area contributed by atoms with Crippen LogP contribution in [0.15, 0.2) is 9.98 Å². The van der Waals surface area contributed by atoms with Crippen LogP contribution in [0.4, 0.5) is 0 Å². The maximum atomic E-state index is 10.2. The summed E-state index contributed by atoms with van der Waals surface area (Å²) in [5.41, 5.74) is 0. The Hall–Kier alpha value is -1.76. The summed E-state index contributed by atoms with van der Waals surface area (Å²) in [6.07, 6.45) is 2.19. The van der Waals surface area contributed by atoms with E-state index in [1.165, 1.54) is 6.92 Å². The number of carbonyl (C=O) groups is 2. The highest BCUT2D eigenvalue weighted by atomic mass is 16.1. The van der Waals surface area contributed by atoms with Crippen molar-refractivity contribution in [3.63, 3.8) is 0 Å². The Labute approximate surface area is 96.9 Å². The number of carbonyl (C=O) groups excluding carboxylic acids is 2. The molecule has 0 atom stereocenters. The fourth-order valence-corrected chi connectivity index (χ4v) is 0.537. The molecule has 0 amide bonds. The fourth-order valence-electron chi connectivity index (χ4n) is 0.537. The molecule has 0 heterocycles. The van der Waals surface area contributed by atoms with Crippen molar-refractivity contribution in [1.29, 1.82) is 0 Å². The molecule has 0 aromatic rings. The summed E-state index contributed by atoms with van der Waals surface area (Å²) in [6, 6.07) is 0. The van der Waals surface area contributed by atoms with Crippen LogP contribution in [0.2, 0.25) is 0 Å². The lowest BCUT2D eigenvalue weighted by molar-refractivity contribution is -0.116. The Morgan fingerprint density at radius 3 is 2.31 bits per heavy atom. The summed E-state index contributed by atoms with van der Waals surface area (Å²) >= 11 is 0. The van der Waals surface area contributed by atoms with Crippen molar-refractivity contribution >= 4 is 24.5 Å². The molecule has 16 heavy (non-hydrogen) atoms. The fraction of sp³-hybridized carbons (Fsp3) is 0.500. The first kappa shape index (κ1) is 16.7. The van der Waals surface area contributed by atoms with Gasteiger partial charge in [-0.2, -0.15) is 0 Å². The lowest BCUT2D eigenvalue weighted by Crippen LogP contribution is -1.90. The normalized spacial score (nSPS) is 8.44. The third-order valence-electron chi connectivity index (χ3n) is 1.24. The highest BCUT2D eigenvalue weighted by Gasteiger charge is 1.86. The first-order chi connectivity index (χ1) is 7.54. The maximum Gasteiger partial charge on any atom is 0.202 e. The second-order valence-electron chi connectivity index (χ2n) is 2.86. The smallest absolute Gasteiger partial charge is 0.202 e. The lowest BCUT2D eigenvalue weighted by Gasteiger charge is -1.83. The van der Waals surface area contributed by atoms with Gasteiger partial charge in [0.1, 0.15) is 5.78 Å². The summed E-state index contributed by atoms with van der Waals surface area (Å²) in [6.45, 7) is 9.02. The molecular weight excluding hydrogens is 204 g/mol. The van der Waals surface area contributed by atoms with E-state index in [1.807, 2.05) is 6.92 Å². The van der Waals surface area contributed by atoms with Crippen molar-refractivity contribution in [2.24, 2.45) is 9.98 Å². The van der Waals surface area contributed by atoms with Gasteiger partial charge in [0.25, 0.3) is 0 Å². The molecule has 0 saturated carbocycles. The van der Waals surface area contributed by atoms with E-state index in [0.717, 1.165) is 0 Å². The van der Waals surface area contributed by atoms with Crippen molar-refractivity contribution in [2.45, 2.75) is 27.2 Å². The van der Waals surface area contributed by atoms with Gasteiger partial charge in [-0.3, -0.25) is 14.6 Å². The van der Waals surface area contributed by atoms with Crippen LogP contribution in [0.1, 0.15) is 27.2 Å². The molecule has 0 rings (SSSR count). The predicted octanol–water partition coefficient (Wildman–Crippen LogP) is 1.34. The van der Waals surface area contributed by atoms with Crippen molar-refractivity contribution in [3.8, 4) is 11.8 Å². The van der Waals surface area contributed by atoms with E-state index in [1.54, 1.807) is 13.1 Å². The third-order valence-corrected chi connectivity index (χ3v) is 1.24. The monoisotopic (exact) mass is 222 g/mol. The number of hydrogen-bond donors (Lipinski definition) is 0. The van der Waals surface area contributed by atoms with Crippen molar-refractivity contribution in [3.05, 3.63) is 0 Å². The molecule has 88 valence electrons. The van der Waals surface area contributed by atoms with E-state index >= 15 is 0 Å². The Morgan fingerprint density at radius 1 is 1.38 bits per heavy atom. The average Bonchev–Trinajstić information content (AvgIpc) is 2.22. The molecule has 0 bridgehead atoms. The number of rotatable bonds is 4.